The molecule has 3 N–H and O–H groups in total. The molecule has 1 heterocycles. The molecule has 0 aromatic heterocycles. The summed E-state index contributed by atoms with van der Waals surface area (Å²) in [6.07, 6.45) is 4.54. The minimum Gasteiger partial charge on any atom is -0.394 e. The van der Waals surface area contributed by atoms with Gasteiger partial charge in [0, 0.05) is 12.3 Å². The Hall–Kier alpha value is -0.160. The van der Waals surface area contributed by atoms with E-state index in [-0.39, 0.29) is 17.9 Å². The smallest absolute Gasteiger partial charge is 0.106 e. The second-order valence-corrected chi connectivity index (χ2v) is 10.1. The molecule has 3 fully saturated rings. The van der Waals surface area contributed by atoms with E-state index in [1.165, 1.54) is 12.8 Å². The Kier molecular flexibility index (Phi) is 4.40. The third-order valence-corrected chi connectivity index (χ3v) is 7.92. The lowest BCUT2D eigenvalue weighted by Crippen LogP contribution is -2.69. The van der Waals surface area contributed by atoms with Crippen molar-refractivity contribution in [2.45, 2.75) is 96.6 Å². The molecule has 0 unspecified atom stereocenters. The van der Waals surface area contributed by atoms with E-state index in [1.807, 2.05) is 6.92 Å². The van der Waals surface area contributed by atoms with Gasteiger partial charge in [0.25, 0.3) is 0 Å². The topological polar surface area (TPSA) is 69.9 Å². The Morgan fingerprint density at radius 1 is 1.08 bits per heavy atom. The van der Waals surface area contributed by atoms with Crippen molar-refractivity contribution in [3.8, 4) is 0 Å². The first-order chi connectivity index (χ1) is 11.0. The lowest BCUT2D eigenvalue weighted by atomic mass is 9.44. The van der Waals surface area contributed by atoms with E-state index in [1.54, 1.807) is 0 Å². The Bertz CT molecular complexity index is 492. The summed E-state index contributed by atoms with van der Waals surface area (Å²) in [7, 11) is 0. The first kappa shape index (κ1) is 18.6. The van der Waals surface area contributed by atoms with Crippen LogP contribution < -0.4 is 0 Å². The fourth-order valence-corrected chi connectivity index (χ4v) is 7.01. The van der Waals surface area contributed by atoms with Crippen LogP contribution in [0.25, 0.3) is 0 Å². The molecule has 0 aromatic rings. The largest absolute Gasteiger partial charge is 0.394 e. The number of ether oxygens (including phenoxy) is 1. The number of hydrogen-bond donors (Lipinski definition) is 3. The lowest BCUT2D eigenvalue weighted by molar-refractivity contribution is -0.314. The molecule has 4 heteroatoms. The van der Waals surface area contributed by atoms with Crippen LogP contribution >= 0.6 is 0 Å². The highest BCUT2D eigenvalue weighted by atomic mass is 16.5. The number of rotatable bonds is 2. The molecule has 1 aliphatic heterocycles. The van der Waals surface area contributed by atoms with Gasteiger partial charge in [0.05, 0.1) is 23.9 Å². The summed E-state index contributed by atoms with van der Waals surface area (Å²) in [6, 6.07) is 0. The Balaban J connectivity index is 1.97. The van der Waals surface area contributed by atoms with Gasteiger partial charge in [-0.15, -0.1) is 0 Å². The van der Waals surface area contributed by atoms with E-state index in [0.29, 0.717) is 17.8 Å². The van der Waals surface area contributed by atoms with Crippen molar-refractivity contribution < 1.29 is 20.1 Å². The second kappa shape index (κ2) is 5.67. The summed E-state index contributed by atoms with van der Waals surface area (Å²) >= 11 is 0. The van der Waals surface area contributed by atoms with E-state index >= 15 is 0 Å². The van der Waals surface area contributed by atoms with Crippen LogP contribution in [0.5, 0.6) is 0 Å². The first-order valence-electron chi connectivity index (χ1n) is 9.66. The summed E-state index contributed by atoms with van der Waals surface area (Å²) in [4.78, 5) is 0. The third-order valence-electron chi connectivity index (χ3n) is 7.92. The van der Waals surface area contributed by atoms with Gasteiger partial charge in [-0.3, -0.25) is 0 Å². The average Bonchev–Trinajstić information content (AvgIpc) is 2.43. The molecular formula is C20H36O4. The van der Waals surface area contributed by atoms with E-state index in [0.717, 1.165) is 19.3 Å². The van der Waals surface area contributed by atoms with E-state index in [4.69, 9.17) is 4.74 Å². The maximum Gasteiger partial charge on any atom is 0.106 e. The molecule has 0 spiro atoms. The molecule has 0 amide bonds. The third kappa shape index (κ3) is 2.56. The molecule has 2 saturated carbocycles. The molecule has 4 nitrogen and oxygen atoms in total. The van der Waals surface area contributed by atoms with Gasteiger partial charge in [0.2, 0.25) is 0 Å². The molecule has 24 heavy (non-hydrogen) atoms. The minimum atomic E-state index is -0.960. The van der Waals surface area contributed by atoms with Crippen molar-refractivity contribution in [1.82, 2.24) is 0 Å². The molecule has 3 aliphatic rings. The monoisotopic (exact) mass is 340 g/mol. The van der Waals surface area contributed by atoms with Crippen LogP contribution in [0.1, 0.15) is 73.1 Å². The summed E-state index contributed by atoms with van der Waals surface area (Å²) in [5.74, 6) is 0.685. The standard InChI is InChI=1S/C20H36O4/c1-17(2)8-6-9-18(3)14(17)7-10-19(4)16(18)13(22)11-20(5,24-19)15(23)12-21/h13-16,21-23H,6-12H2,1-5H3/t13-,14+,15-,16-,18+,19-,20+/m1/s1. The number of hydrogen-bond acceptors (Lipinski definition) is 4. The van der Waals surface area contributed by atoms with E-state index in [2.05, 4.69) is 27.7 Å². The molecule has 0 radical (unpaired) electrons. The van der Waals surface area contributed by atoms with Gasteiger partial charge in [-0.2, -0.15) is 0 Å². The van der Waals surface area contributed by atoms with Gasteiger partial charge in [-0.25, -0.2) is 0 Å². The molecule has 1 saturated heterocycles. The summed E-state index contributed by atoms with van der Waals surface area (Å²) < 4.78 is 6.50. The first-order valence-corrected chi connectivity index (χ1v) is 9.66. The van der Waals surface area contributed by atoms with E-state index in [9.17, 15) is 15.3 Å². The Labute approximate surface area is 146 Å². The van der Waals surface area contributed by atoms with Crippen molar-refractivity contribution in [2.75, 3.05) is 6.61 Å². The van der Waals surface area contributed by atoms with Crippen molar-refractivity contribution >= 4 is 0 Å². The van der Waals surface area contributed by atoms with Crippen LogP contribution in [0.15, 0.2) is 0 Å². The highest BCUT2D eigenvalue weighted by Crippen LogP contribution is 2.65. The molecule has 2 aliphatic carbocycles. The van der Waals surface area contributed by atoms with Crippen LogP contribution in [0.3, 0.4) is 0 Å². The zero-order chi connectivity index (χ0) is 18.0. The van der Waals surface area contributed by atoms with Crippen molar-refractivity contribution in [1.29, 1.82) is 0 Å². The molecule has 0 aromatic carbocycles. The quantitative estimate of drug-likeness (QED) is 0.723. The van der Waals surface area contributed by atoms with Crippen molar-refractivity contribution in [3.63, 3.8) is 0 Å². The van der Waals surface area contributed by atoms with Crippen molar-refractivity contribution in [2.24, 2.45) is 22.7 Å². The zero-order valence-electron chi connectivity index (χ0n) is 16.0. The minimum absolute atomic E-state index is 0.0691. The van der Waals surface area contributed by atoms with Crippen LogP contribution in [-0.4, -0.2) is 45.3 Å². The van der Waals surface area contributed by atoms with Gasteiger partial charge in [0.15, 0.2) is 0 Å². The highest BCUT2D eigenvalue weighted by molar-refractivity contribution is 5.13. The number of fused-ring (bicyclic) bond motifs is 3. The highest BCUT2D eigenvalue weighted by Gasteiger charge is 2.65. The van der Waals surface area contributed by atoms with Crippen LogP contribution in [0, 0.1) is 22.7 Å². The molecule has 7 atom stereocenters. The fourth-order valence-electron chi connectivity index (χ4n) is 7.01. The summed E-state index contributed by atoms with van der Waals surface area (Å²) in [5, 5.41) is 30.8. The van der Waals surface area contributed by atoms with Gasteiger partial charge in [-0.1, -0.05) is 27.2 Å². The number of aliphatic hydroxyl groups excluding tert-OH is 3. The normalized spacial score (nSPS) is 52.2. The zero-order valence-corrected chi connectivity index (χ0v) is 16.0. The predicted molar refractivity (Wildman–Crippen MR) is 93.6 cm³/mol. The van der Waals surface area contributed by atoms with Crippen LogP contribution in [0.4, 0.5) is 0 Å². The van der Waals surface area contributed by atoms with E-state index < -0.39 is 23.4 Å². The lowest BCUT2D eigenvalue weighted by Gasteiger charge is -2.66. The fraction of sp³-hybridized carbons (Fsp3) is 1.00. The molecule has 3 rings (SSSR count). The Morgan fingerprint density at radius 3 is 2.38 bits per heavy atom. The second-order valence-electron chi connectivity index (χ2n) is 10.1. The molecule has 0 bridgehead atoms. The van der Waals surface area contributed by atoms with Crippen molar-refractivity contribution in [3.05, 3.63) is 0 Å². The molecule has 140 valence electrons. The predicted octanol–water partition coefficient (Wildman–Crippen LogP) is 2.88. The van der Waals surface area contributed by atoms with Gasteiger partial charge in [-0.05, 0) is 56.3 Å². The van der Waals surface area contributed by atoms with Gasteiger partial charge in [0.1, 0.15) is 6.10 Å². The number of aliphatic hydroxyl groups is 3. The summed E-state index contributed by atoms with van der Waals surface area (Å²) in [5.41, 5.74) is -0.951. The maximum atomic E-state index is 11.2. The summed E-state index contributed by atoms with van der Waals surface area (Å²) in [6.45, 7) is 10.7. The molecular weight excluding hydrogens is 304 g/mol. The average molecular weight is 341 g/mol. The maximum absolute atomic E-state index is 11.2. The SMILES string of the molecule is CC1(C)CCC[C@]2(C)[C@H]3[C@H](O)C[C@@](C)([C@H](O)CO)O[C@]3(C)CC[C@@H]12. The van der Waals surface area contributed by atoms with Gasteiger partial charge < -0.3 is 20.1 Å². The van der Waals surface area contributed by atoms with Gasteiger partial charge >= 0.3 is 0 Å². The van der Waals surface area contributed by atoms with Crippen LogP contribution in [0.2, 0.25) is 0 Å². The Morgan fingerprint density at radius 2 is 1.75 bits per heavy atom. The van der Waals surface area contributed by atoms with Crippen LogP contribution in [-0.2, 0) is 4.74 Å².